The molecule has 2 aromatic heterocycles. The van der Waals surface area contributed by atoms with Gasteiger partial charge < -0.3 is 15.0 Å². The summed E-state index contributed by atoms with van der Waals surface area (Å²) in [5.41, 5.74) is 4.79. The lowest BCUT2D eigenvalue weighted by Crippen LogP contribution is -2.47. The number of aromatic nitrogens is 4. The van der Waals surface area contributed by atoms with Gasteiger partial charge in [-0.2, -0.15) is 5.10 Å². The van der Waals surface area contributed by atoms with Crippen LogP contribution in [0.3, 0.4) is 0 Å². The van der Waals surface area contributed by atoms with E-state index in [2.05, 4.69) is 43.2 Å². The highest BCUT2D eigenvalue weighted by molar-refractivity contribution is 6.31. The summed E-state index contributed by atoms with van der Waals surface area (Å²) < 4.78 is 0. The van der Waals surface area contributed by atoms with E-state index in [1.807, 2.05) is 18.2 Å². The number of hydrogen-bond acceptors (Lipinski definition) is 5. The lowest BCUT2D eigenvalue weighted by atomic mass is 10.2. The summed E-state index contributed by atoms with van der Waals surface area (Å²) in [6.07, 6.45) is 0. The number of nitrogens with zero attached hydrogens (tertiary/aromatic N) is 4. The molecule has 1 aliphatic rings. The molecule has 0 spiro atoms. The second-order valence-electron chi connectivity index (χ2n) is 7.10. The molecule has 1 saturated heterocycles. The molecule has 144 valence electrons. The number of nitrogens with one attached hydrogen (secondary N) is 2. The second-order valence-corrected chi connectivity index (χ2v) is 7.54. The van der Waals surface area contributed by atoms with Crippen molar-refractivity contribution in [3.05, 3.63) is 41.4 Å². The maximum absolute atomic E-state index is 9.10. The van der Waals surface area contributed by atoms with Gasteiger partial charge in [-0.1, -0.05) is 11.6 Å². The third-order valence-corrected chi connectivity index (χ3v) is 5.60. The van der Waals surface area contributed by atoms with E-state index in [9.17, 15) is 0 Å². The third kappa shape index (κ3) is 3.11. The molecule has 0 aliphatic carbocycles. The number of fused-ring (bicyclic) bond motifs is 2. The molecule has 4 aromatic rings. The molecule has 3 heterocycles. The van der Waals surface area contributed by atoms with E-state index < -0.39 is 0 Å². The Balaban J connectivity index is 1.44. The Hall–Kier alpha value is -2.61. The molecule has 7 nitrogen and oxygen atoms in total. The van der Waals surface area contributed by atoms with Crippen LogP contribution in [0.2, 0.25) is 5.02 Å². The summed E-state index contributed by atoms with van der Waals surface area (Å²) in [6.45, 7) is 4.81. The molecule has 0 saturated carbocycles. The summed E-state index contributed by atoms with van der Waals surface area (Å²) in [4.78, 5) is 12.8. The van der Waals surface area contributed by atoms with E-state index in [1.54, 1.807) is 0 Å². The number of rotatable bonds is 4. The Morgan fingerprint density at radius 3 is 2.71 bits per heavy atom. The third-order valence-electron chi connectivity index (χ3n) is 5.37. The summed E-state index contributed by atoms with van der Waals surface area (Å²) in [6, 6.07) is 12.0. The van der Waals surface area contributed by atoms with Gasteiger partial charge in [0.25, 0.3) is 0 Å². The zero-order valence-electron chi connectivity index (χ0n) is 15.3. The molecule has 1 fully saturated rings. The SMILES string of the molecule is OCCN1CCN(c2ccc3nc(-c4n[nH]c5cc(Cl)ccc45)[nH]c3c2)CC1. The van der Waals surface area contributed by atoms with Crippen LogP contribution in [0, 0.1) is 0 Å². The van der Waals surface area contributed by atoms with Gasteiger partial charge >= 0.3 is 0 Å². The Morgan fingerprint density at radius 1 is 1.04 bits per heavy atom. The number of H-pyrrole nitrogens is 2. The molecule has 0 radical (unpaired) electrons. The van der Waals surface area contributed by atoms with E-state index in [4.69, 9.17) is 21.7 Å². The number of anilines is 1. The van der Waals surface area contributed by atoms with Crippen LogP contribution in [-0.4, -0.2) is 69.5 Å². The number of halogens is 1. The van der Waals surface area contributed by atoms with Gasteiger partial charge in [-0.3, -0.25) is 10.00 Å². The molecule has 8 heteroatoms. The summed E-state index contributed by atoms with van der Waals surface area (Å²) in [7, 11) is 0. The van der Waals surface area contributed by atoms with Crippen molar-refractivity contribution < 1.29 is 5.11 Å². The number of imidazole rings is 1. The van der Waals surface area contributed by atoms with Crippen molar-refractivity contribution >= 4 is 39.2 Å². The molecule has 0 bridgehead atoms. The predicted molar refractivity (Wildman–Crippen MR) is 112 cm³/mol. The fourth-order valence-electron chi connectivity index (χ4n) is 3.85. The van der Waals surface area contributed by atoms with E-state index >= 15 is 0 Å². The fourth-order valence-corrected chi connectivity index (χ4v) is 4.02. The number of piperazine rings is 1. The first-order valence-corrected chi connectivity index (χ1v) is 9.81. The van der Waals surface area contributed by atoms with Gasteiger partial charge in [0, 0.05) is 48.8 Å². The quantitative estimate of drug-likeness (QED) is 0.494. The number of aliphatic hydroxyl groups excluding tert-OH is 1. The first-order valence-electron chi connectivity index (χ1n) is 9.43. The van der Waals surface area contributed by atoms with Crippen molar-refractivity contribution in [3.63, 3.8) is 0 Å². The molecule has 3 N–H and O–H groups in total. The number of aromatic amines is 2. The standard InChI is InChI=1S/C20H21ClN6O/c21-13-1-3-15-17(11-13)24-25-19(15)20-22-16-4-2-14(12-18(16)23-20)27-7-5-26(6-8-27)9-10-28/h1-4,11-12,28H,5-10H2,(H,22,23)(H,24,25). The highest BCUT2D eigenvalue weighted by Gasteiger charge is 2.18. The van der Waals surface area contributed by atoms with Crippen LogP contribution in [0.15, 0.2) is 36.4 Å². The van der Waals surface area contributed by atoms with Crippen molar-refractivity contribution in [2.45, 2.75) is 0 Å². The smallest absolute Gasteiger partial charge is 0.159 e. The average molecular weight is 397 g/mol. The molecule has 0 unspecified atom stereocenters. The van der Waals surface area contributed by atoms with Crippen LogP contribution >= 0.6 is 11.6 Å². The molecule has 0 atom stereocenters. The highest BCUT2D eigenvalue weighted by Crippen LogP contribution is 2.29. The monoisotopic (exact) mass is 396 g/mol. The van der Waals surface area contributed by atoms with Crippen LogP contribution in [0.4, 0.5) is 5.69 Å². The molecular formula is C20H21ClN6O. The van der Waals surface area contributed by atoms with E-state index in [1.165, 1.54) is 5.69 Å². The van der Waals surface area contributed by atoms with Crippen molar-refractivity contribution in [3.8, 4) is 11.5 Å². The molecule has 5 rings (SSSR count). The largest absolute Gasteiger partial charge is 0.395 e. The maximum Gasteiger partial charge on any atom is 0.159 e. The zero-order chi connectivity index (χ0) is 19.1. The van der Waals surface area contributed by atoms with Crippen molar-refractivity contribution in [1.29, 1.82) is 0 Å². The molecule has 2 aromatic carbocycles. The van der Waals surface area contributed by atoms with Crippen LogP contribution < -0.4 is 4.90 Å². The number of β-amino-alcohol motifs (C(OH)–C–C–N with tert-alkyl or cyclic N) is 1. The fraction of sp³-hybridized carbons (Fsp3) is 0.300. The number of hydrogen-bond donors (Lipinski definition) is 3. The first kappa shape index (κ1) is 17.5. The summed E-state index contributed by atoms with van der Waals surface area (Å²) in [5.74, 6) is 0.744. The van der Waals surface area contributed by atoms with Gasteiger partial charge in [-0.05, 0) is 36.4 Å². The van der Waals surface area contributed by atoms with E-state index in [0.717, 1.165) is 66.2 Å². The minimum Gasteiger partial charge on any atom is -0.395 e. The molecule has 1 aliphatic heterocycles. The van der Waals surface area contributed by atoms with Crippen molar-refractivity contribution in [2.24, 2.45) is 0 Å². The van der Waals surface area contributed by atoms with E-state index in [0.29, 0.717) is 5.02 Å². The molecular weight excluding hydrogens is 376 g/mol. The number of aliphatic hydroxyl groups is 1. The van der Waals surface area contributed by atoms with Gasteiger partial charge in [0.05, 0.1) is 23.2 Å². The Labute approximate surface area is 166 Å². The van der Waals surface area contributed by atoms with Crippen LogP contribution in [0.25, 0.3) is 33.5 Å². The van der Waals surface area contributed by atoms with Crippen molar-refractivity contribution in [2.75, 3.05) is 44.2 Å². The van der Waals surface area contributed by atoms with Crippen LogP contribution in [0.1, 0.15) is 0 Å². The average Bonchev–Trinajstić information content (AvgIpc) is 3.31. The van der Waals surface area contributed by atoms with E-state index in [-0.39, 0.29) is 6.61 Å². The first-order chi connectivity index (χ1) is 13.7. The van der Waals surface area contributed by atoms with Crippen molar-refractivity contribution in [1.82, 2.24) is 25.1 Å². The lowest BCUT2D eigenvalue weighted by Gasteiger charge is -2.35. The van der Waals surface area contributed by atoms with Gasteiger partial charge in [0.1, 0.15) is 5.69 Å². The Bertz CT molecular complexity index is 1130. The minimum atomic E-state index is 0.219. The predicted octanol–water partition coefficient (Wildman–Crippen LogP) is 2.87. The highest BCUT2D eigenvalue weighted by atomic mass is 35.5. The van der Waals surface area contributed by atoms with Crippen LogP contribution in [0.5, 0.6) is 0 Å². The summed E-state index contributed by atoms with van der Waals surface area (Å²) >= 11 is 6.06. The normalized spacial score (nSPS) is 15.7. The van der Waals surface area contributed by atoms with Crippen LogP contribution in [-0.2, 0) is 0 Å². The second kappa shape index (κ2) is 7.09. The number of benzene rings is 2. The van der Waals surface area contributed by atoms with Gasteiger partial charge in [0.2, 0.25) is 0 Å². The van der Waals surface area contributed by atoms with Gasteiger partial charge in [0.15, 0.2) is 5.82 Å². The Morgan fingerprint density at radius 2 is 1.89 bits per heavy atom. The Kier molecular flexibility index (Phi) is 4.43. The minimum absolute atomic E-state index is 0.219. The topological polar surface area (TPSA) is 84.1 Å². The molecule has 28 heavy (non-hydrogen) atoms. The summed E-state index contributed by atoms with van der Waals surface area (Å²) in [5, 5.41) is 18.2. The molecule has 0 amide bonds. The van der Waals surface area contributed by atoms with Gasteiger partial charge in [-0.25, -0.2) is 4.98 Å². The zero-order valence-corrected chi connectivity index (χ0v) is 16.1. The maximum atomic E-state index is 9.10. The van der Waals surface area contributed by atoms with Gasteiger partial charge in [-0.15, -0.1) is 0 Å². The lowest BCUT2D eigenvalue weighted by molar-refractivity contribution is 0.189.